The summed E-state index contributed by atoms with van der Waals surface area (Å²) >= 11 is 0. The molecule has 36 heavy (non-hydrogen) atoms. The van der Waals surface area contributed by atoms with Crippen LogP contribution in [-0.4, -0.2) is 30.7 Å². The molecule has 188 valence electrons. The van der Waals surface area contributed by atoms with Crippen molar-refractivity contribution in [2.24, 2.45) is 0 Å². The predicted octanol–water partition coefficient (Wildman–Crippen LogP) is 6.93. The fourth-order valence-electron chi connectivity index (χ4n) is 4.59. The van der Waals surface area contributed by atoms with Gasteiger partial charge in [-0.25, -0.2) is 8.78 Å². The maximum Gasteiger partial charge on any atom is 0.165 e. The molecule has 0 amide bonds. The highest BCUT2D eigenvalue weighted by molar-refractivity contribution is 6.10. The van der Waals surface area contributed by atoms with Gasteiger partial charge in [-0.3, -0.25) is 4.79 Å². The van der Waals surface area contributed by atoms with Crippen molar-refractivity contribution >= 4 is 16.7 Å². The number of aryl methyl sites for hydroxylation is 1. The van der Waals surface area contributed by atoms with E-state index in [0.29, 0.717) is 43.1 Å². The lowest BCUT2D eigenvalue weighted by atomic mass is 9.96. The van der Waals surface area contributed by atoms with Crippen molar-refractivity contribution < 1.29 is 23.0 Å². The first-order valence-corrected chi connectivity index (χ1v) is 12.2. The molecule has 0 radical (unpaired) electrons. The number of ketones is 1. The van der Waals surface area contributed by atoms with Crippen molar-refractivity contribution in [3.05, 3.63) is 101 Å². The van der Waals surface area contributed by atoms with Gasteiger partial charge in [0.2, 0.25) is 0 Å². The standard InChI is InChI=1S/C30H31F2NO3/c1-20(2)30-29(28(34)14-10-21-9-13-25(31)26(32)17-21)24-12-11-23(36-16-15-35-3)18-27(24)33(30)19-22-7-5-4-6-8-22/h4-9,11-13,17-18,20H,10,14-16,19H2,1-3H3. The average Bonchev–Trinajstić information content (AvgIpc) is 3.19. The van der Waals surface area contributed by atoms with Gasteiger partial charge in [0.05, 0.1) is 12.1 Å². The van der Waals surface area contributed by atoms with Crippen LogP contribution in [0.5, 0.6) is 5.75 Å². The number of carbonyl (C=O) groups is 1. The lowest BCUT2D eigenvalue weighted by molar-refractivity contribution is 0.0982. The van der Waals surface area contributed by atoms with Crippen LogP contribution >= 0.6 is 0 Å². The number of halogens is 2. The second-order valence-electron chi connectivity index (χ2n) is 9.18. The van der Waals surface area contributed by atoms with Crippen molar-refractivity contribution in [1.82, 2.24) is 4.57 Å². The molecule has 0 bridgehead atoms. The van der Waals surface area contributed by atoms with Gasteiger partial charge in [-0.05, 0) is 47.7 Å². The lowest BCUT2D eigenvalue weighted by Crippen LogP contribution is -2.11. The summed E-state index contributed by atoms with van der Waals surface area (Å²) in [6.45, 7) is 5.69. The Morgan fingerprint density at radius 2 is 1.69 bits per heavy atom. The van der Waals surface area contributed by atoms with Gasteiger partial charge < -0.3 is 14.0 Å². The quantitative estimate of drug-likeness (QED) is 0.169. The number of Topliss-reactive ketones (excluding diaryl/α,β-unsaturated/α-hetero) is 1. The van der Waals surface area contributed by atoms with Crippen LogP contribution in [0.3, 0.4) is 0 Å². The van der Waals surface area contributed by atoms with E-state index in [9.17, 15) is 13.6 Å². The Morgan fingerprint density at radius 3 is 2.39 bits per heavy atom. The van der Waals surface area contributed by atoms with Crippen LogP contribution in [0.4, 0.5) is 8.78 Å². The maximum absolute atomic E-state index is 13.7. The van der Waals surface area contributed by atoms with E-state index < -0.39 is 11.6 Å². The van der Waals surface area contributed by atoms with Gasteiger partial charge >= 0.3 is 0 Å². The average molecular weight is 492 g/mol. The fourth-order valence-corrected chi connectivity index (χ4v) is 4.59. The largest absolute Gasteiger partial charge is 0.491 e. The number of hydrogen-bond acceptors (Lipinski definition) is 3. The zero-order chi connectivity index (χ0) is 25.7. The molecule has 4 aromatic rings. The second kappa shape index (κ2) is 11.5. The lowest BCUT2D eigenvalue weighted by Gasteiger charge is -2.15. The third-order valence-corrected chi connectivity index (χ3v) is 6.27. The first-order chi connectivity index (χ1) is 17.4. The van der Waals surface area contributed by atoms with Gasteiger partial charge in [-0.15, -0.1) is 0 Å². The molecule has 1 aromatic heterocycles. The molecule has 0 saturated heterocycles. The summed E-state index contributed by atoms with van der Waals surface area (Å²) in [5, 5.41) is 0.865. The van der Waals surface area contributed by atoms with Gasteiger partial charge in [0, 0.05) is 42.8 Å². The summed E-state index contributed by atoms with van der Waals surface area (Å²) in [6, 6.07) is 19.7. The number of hydrogen-bond donors (Lipinski definition) is 0. The molecule has 0 saturated carbocycles. The van der Waals surface area contributed by atoms with Crippen LogP contribution in [0.1, 0.15) is 53.4 Å². The minimum atomic E-state index is -0.900. The summed E-state index contributed by atoms with van der Waals surface area (Å²) in [5.74, 6) is -1.01. The van der Waals surface area contributed by atoms with E-state index in [-0.39, 0.29) is 18.1 Å². The topological polar surface area (TPSA) is 40.5 Å². The van der Waals surface area contributed by atoms with Crippen molar-refractivity contribution in [2.75, 3.05) is 20.3 Å². The highest BCUT2D eigenvalue weighted by Crippen LogP contribution is 2.35. The van der Waals surface area contributed by atoms with Crippen molar-refractivity contribution in [2.45, 2.75) is 39.2 Å². The predicted molar refractivity (Wildman–Crippen MR) is 138 cm³/mol. The molecule has 3 aromatic carbocycles. The molecule has 0 spiro atoms. The molecule has 0 aliphatic rings. The summed E-state index contributed by atoms with van der Waals surface area (Å²) in [4.78, 5) is 13.6. The van der Waals surface area contributed by atoms with Gasteiger partial charge in [0.1, 0.15) is 12.4 Å². The van der Waals surface area contributed by atoms with E-state index in [2.05, 4.69) is 30.5 Å². The van der Waals surface area contributed by atoms with Crippen LogP contribution in [0.15, 0.2) is 66.7 Å². The first kappa shape index (κ1) is 25.6. The molecule has 0 unspecified atom stereocenters. The number of aromatic nitrogens is 1. The summed E-state index contributed by atoms with van der Waals surface area (Å²) in [6.07, 6.45) is 0.526. The zero-order valence-corrected chi connectivity index (χ0v) is 20.9. The van der Waals surface area contributed by atoms with Crippen LogP contribution in [-0.2, 0) is 17.7 Å². The van der Waals surface area contributed by atoms with E-state index in [4.69, 9.17) is 9.47 Å². The van der Waals surface area contributed by atoms with Crippen LogP contribution in [0.25, 0.3) is 10.9 Å². The van der Waals surface area contributed by atoms with E-state index >= 15 is 0 Å². The molecule has 0 aliphatic heterocycles. The normalized spacial score (nSPS) is 11.4. The van der Waals surface area contributed by atoms with E-state index in [1.54, 1.807) is 7.11 Å². The number of rotatable bonds is 11. The molecule has 4 rings (SSSR count). The zero-order valence-electron chi connectivity index (χ0n) is 20.9. The third-order valence-electron chi connectivity index (χ3n) is 6.27. The van der Waals surface area contributed by atoms with E-state index in [1.165, 1.54) is 6.07 Å². The number of ether oxygens (including phenoxy) is 2. The van der Waals surface area contributed by atoms with Crippen molar-refractivity contribution in [3.8, 4) is 5.75 Å². The summed E-state index contributed by atoms with van der Waals surface area (Å²) < 4.78 is 40.2. The van der Waals surface area contributed by atoms with E-state index in [0.717, 1.165) is 34.3 Å². The Hall–Kier alpha value is -3.51. The van der Waals surface area contributed by atoms with Gasteiger partial charge in [0.15, 0.2) is 17.4 Å². The second-order valence-corrected chi connectivity index (χ2v) is 9.18. The molecular weight excluding hydrogens is 460 g/mol. The van der Waals surface area contributed by atoms with Gasteiger partial charge in [-0.2, -0.15) is 0 Å². The molecule has 4 nitrogen and oxygen atoms in total. The van der Waals surface area contributed by atoms with Crippen LogP contribution in [0, 0.1) is 11.6 Å². The number of methoxy groups -OCH3 is 1. The summed E-state index contributed by atoms with van der Waals surface area (Å²) in [7, 11) is 1.63. The third kappa shape index (κ3) is 5.65. The van der Waals surface area contributed by atoms with Crippen LogP contribution in [0.2, 0.25) is 0 Å². The number of fused-ring (bicyclic) bond motifs is 1. The molecule has 0 N–H and O–H groups in total. The highest BCUT2D eigenvalue weighted by Gasteiger charge is 2.25. The molecule has 0 fully saturated rings. The molecule has 0 aliphatic carbocycles. The van der Waals surface area contributed by atoms with Crippen LogP contribution < -0.4 is 4.74 Å². The van der Waals surface area contributed by atoms with Crippen molar-refractivity contribution in [3.63, 3.8) is 0 Å². The highest BCUT2D eigenvalue weighted by atomic mass is 19.2. The van der Waals surface area contributed by atoms with Gasteiger partial charge in [0.25, 0.3) is 0 Å². The number of nitrogens with zero attached hydrogens (tertiary/aromatic N) is 1. The molecule has 1 heterocycles. The Kier molecular flexibility index (Phi) is 8.16. The molecular formula is C30H31F2NO3. The van der Waals surface area contributed by atoms with E-state index in [1.807, 2.05) is 36.4 Å². The molecule has 0 atom stereocenters. The smallest absolute Gasteiger partial charge is 0.165 e. The molecule has 6 heteroatoms. The maximum atomic E-state index is 13.7. The number of benzene rings is 3. The SMILES string of the molecule is COCCOc1ccc2c(C(=O)CCc3ccc(F)c(F)c3)c(C(C)C)n(Cc3ccccc3)c2c1. The van der Waals surface area contributed by atoms with Crippen molar-refractivity contribution in [1.29, 1.82) is 0 Å². The first-order valence-electron chi connectivity index (χ1n) is 12.2. The minimum absolute atomic E-state index is 0.0201. The van der Waals surface area contributed by atoms with Gasteiger partial charge in [-0.1, -0.05) is 50.2 Å². The Morgan fingerprint density at radius 1 is 0.917 bits per heavy atom. The minimum Gasteiger partial charge on any atom is -0.491 e. The monoisotopic (exact) mass is 491 g/mol. The Bertz CT molecular complexity index is 1350. The summed E-state index contributed by atoms with van der Waals surface area (Å²) in [5.41, 5.74) is 4.28. The fraction of sp³-hybridized carbons (Fsp3) is 0.300. The Labute approximate surface area is 210 Å². The number of carbonyl (C=O) groups excluding carboxylic acids is 1. The Balaban J connectivity index is 1.75.